The Bertz CT molecular complexity index is 753. The van der Waals surface area contributed by atoms with E-state index in [2.05, 4.69) is 5.16 Å². The number of alkyl halides is 1. The Morgan fingerprint density at radius 3 is 2.60 bits per heavy atom. The molecule has 2 aromatic rings. The van der Waals surface area contributed by atoms with Crippen LogP contribution in [0, 0.1) is 6.92 Å². The van der Waals surface area contributed by atoms with Crippen molar-refractivity contribution in [2.75, 3.05) is 0 Å². The predicted molar refractivity (Wildman–Crippen MR) is 70.4 cm³/mol. The molecule has 0 aliphatic carbocycles. The molecule has 0 saturated heterocycles. The second-order valence-electron chi connectivity index (χ2n) is 4.03. The summed E-state index contributed by atoms with van der Waals surface area (Å²) in [6.07, 6.45) is 0. The van der Waals surface area contributed by atoms with Crippen LogP contribution in [0.2, 0.25) is 0 Å². The molecule has 20 heavy (non-hydrogen) atoms. The van der Waals surface area contributed by atoms with Gasteiger partial charge in [-0.15, -0.1) is 0 Å². The van der Waals surface area contributed by atoms with Crippen LogP contribution >= 0.6 is 11.6 Å². The molecule has 1 unspecified atom stereocenters. The predicted octanol–water partition coefficient (Wildman–Crippen LogP) is 2.39. The summed E-state index contributed by atoms with van der Waals surface area (Å²) in [7, 11) is -4.10. The summed E-state index contributed by atoms with van der Waals surface area (Å²) in [6, 6.07) is 6.64. The highest BCUT2D eigenvalue weighted by Gasteiger charge is 2.33. The molecule has 1 heterocycles. The first-order valence-electron chi connectivity index (χ1n) is 5.47. The second kappa shape index (κ2) is 5.26. The molecule has 1 aromatic heterocycles. The zero-order chi connectivity index (χ0) is 14.9. The topological polar surface area (TPSA) is 97.5 Å². The number of hydrogen-bond donors (Lipinski definition) is 1. The van der Waals surface area contributed by atoms with Crippen LogP contribution in [-0.4, -0.2) is 24.7 Å². The number of carboxylic acids is 1. The maximum atomic E-state index is 12.4. The molecule has 0 aliphatic heterocycles. The number of benzene rings is 1. The van der Waals surface area contributed by atoms with Crippen molar-refractivity contribution in [1.82, 2.24) is 5.16 Å². The SMILES string of the molecule is Cc1cc(C(Cl)S(=O)(=O)c2ccccc2C(=O)O)on1. The van der Waals surface area contributed by atoms with E-state index in [1.165, 1.54) is 30.3 Å². The van der Waals surface area contributed by atoms with Crippen molar-refractivity contribution in [3.63, 3.8) is 0 Å². The van der Waals surface area contributed by atoms with Gasteiger partial charge in [0.1, 0.15) is 0 Å². The van der Waals surface area contributed by atoms with Crippen LogP contribution < -0.4 is 0 Å². The quantitative estimate of drug-likeness (QED) is 0.870. The van der Waals surface area contributed by atoms with Gasteiger partial charge in [0, 0.05) is 6.07 Å². The molecule has 0 radical (unpaired) electrons. The fraction of sp³-hybridized carbons (Fsp3) is 0.167. The minimum Gasteiger partial charge on any atom is -0.478 e. The summed E-state index contributed by atoms with van der Waals surface area (Å²) in [5, 5.41) is 12.6. The van der Waals surface area contributed by atoms with Crippen LogP contribution in [0.15, 0.2) is 39.8 Å². The lowest BCUT2D eigenvalue weighted by Gasteiger charge is -2.10. The van der Waals surface area contributed by atoms with Gasteiger partial charge in [-0.3, -0.25) is 0 Å². The van der Waals surface area contributed by atoms with Crippen molar-refractivity contribution in [1.29, 1.82) is 0 Å². The van der Waals surface area contributed by atoms with E-state index in [4.69, 9.17) is 21.2 Å². The van der Waals surface area contributed by atoms with Gasteiger partial charge in [-0.25, -0.2) is 13.2 Å². The third kappa shape index (κ3) is 2.54. The van der Waals surface area contributed by atoms with Crippen LogP contribution in [0.5, 0.6) is 0 Å². The van der Waals surface area contributed by atoms with Gasteiger partial charge in [0.25, 0.3) is 0 Å². The fourth-order valence-electron chi connectivity index (χ4n) is 1.65. The Hall–Kier alpha value is -1.86. The minimum atomic E-state index is -4.10. The maximum Gasteiger partial charge on any atom is 0.337 e. The highest BCUT2D eigenvalue weighted by atomic mass is 35.5. The van der Waals surface area contributed by atoms with Crippen molar-refractivity contribution in [3.05, 3.63) is 47.3 Å². The standard InChI is InChI=1S/C12H10ClNO5S/c1-7-6-9(19-14-7)11(13)20(17,18)10-5-3-2-4-8(10)12(15)16/h2-6,11H,1H3,(H,15,16). The number of aromatic nitrogens is 1. The lowest BCUT2D eigenvalue weighted by Crippen LogP contribution is -2.13. The summed E-state index contributed by atoms with van der Waals surface area (Å²) in [4.78, 5) is 10.7. The first-order chi connectivity index (χ1) is 9.34. The van der Waals surface area contributed by atoms with E-state index in [1.54, 1.807) is 6.92 Å². The van der Waals surface area contributed by atoms with Gasteiger partial charge >= 0.3 is 5.97 Å². The largest absolute Gasteiger partial charge is 0.478 e. The first-order valence-corrected chi connectivity index (χ1v) is 7.46. The van der Waals surface area contributed by atoms with E-state index in [9.17, 15) is 13.2 Å². The zero-order valence-corrected chi connectivity index (χ0v) is 11.9. The highest BCUT2D eigenvalue weighted by molar-refractivity contribution is 7.93. The lowest BCUT2D eigenvalue weighted by molar-refractivity contribution is 0.0692. The second-order valence-corrected chi connectivity index (χ2v) is 6.73. The fourth-order valence-corrected chi connectivity index (χ4v) is 3.41. The highest BCUT2D eigenvalue weighted by Crippen LogP contribution is 2.34. The van der Waals surface area contributed by atoms with Gasteiger partial charge in [0.15, 0.2) is 10.5 Å². The molecule has 1 aromatic carbocycles. The van der Waals surface area contributed by atoms with Crippen LogP contribution in [0.1, 0.15) is 26.5 Å². The molecule has 0 amide bonds. The third-order valence-electron chi connectivity index (χ3n) is 2.57. The Morgan fingerprint density at radius 2 is 2.05 bits per heavy atom. The molecule has 2 rings (SSSR count). The van der Waals surface area contributed by atoms with Crippen molar-refractivity contribution in [2.24, 2.45) is 0 Å². The number of aryl methyl sites for hydroxylation is 1. The number of nitrogens with zero attached hydrogens (tertiary/aromatic N) is 1. The summed E-state index contributed by atoms with van der Waals surface area (Å²) < 4.78 is 28.1. The molecule has 1 N–H and O–H groups in total. The summed E-state index contributed by atoms with van der Waals surface area (Å²) in [6.45, 7) is 1.62. The summed E-state index contributed by atoms with van der Waals surface area (Å²) >= 11 is 5.91. The molecule has 1 atom stereocenters. The number of aromatic carboxylic acids is 1. The van der Waals surface area contributed by atoms with E-state index in [-0.39, 0.29) is 16.2 Å². The number of carbonyl (C=O) groups is 1. The molecule has 0 spiro atoms. The van der Waals surface area contributed by atoms with Gasteiger partial charge < -0.3 is 9.63 Å². The summed E-state index contributed by atoms with van der Waals surface area (Å²) in [5.41, 5.74) is 0.141. The van der Waals surface area contributed by atoms with Gasteiger partial charge in [0.05, 0.1) is 16.2 Å². The van der Waals surface area contributed by atoms with E-state index in [0.29, 0.717) is 5.69 Å². The van der Waals surface area contributed by atoms with E-state index in [1.807, 2.05) is 0 Å². The van der Waals surface area contributed by atoms with Gasteiger partial charge in [-0.05, 0) is 19.1 Å². The average Bonchev–Trinajstić information content (AvgIpc) is 2.84. The molecular weight excluding hydrogens is 306 g/mol. The number of hydrogen-bond acceptors (Lipinski definition) is 5. The summed E-state index contributed by atoms with van der Waals surface area (Å²) in [5.74, 6) is -1.40. The monoisotopic (exact) mass is 315 g/mol. The molecule has 0 aliphatic rings. The van der Waals surface area contributed by atoms with E-state index >= 15 is 0 Å². The normalized spacial score (nSPS) is 13.1. The molecule has 6 nitrogen and oxygen atoms in total. The molecule has 8 heteroatoms. The average molecular weight is 316 g/mol. The lowest BCUT2D eigenvalue weighted by atomic mass is 10.2. The van der Waals surface area contributed by atoms with Crippen LogP contribution in [0.25, 0.3) is 0 Å². The Labute approximate surface area is 119 Å². The number of halogens is 1. The van der Waals surface area contributed by atoms with Gasteiger partial charge in [-0.2, -0.15) is 0 Å². The number of sulfone groups is 1. The zero-order valence-electron chi connectivity index (χ0n) is 10.3. The Balaban J connectivity index is 2.53. The van der Waals surface area contributed by atoms with Crippen LogP contribution in [0.4, 0.5) is 0 Å². The number of rotatable bonds is 4. The molecule has 0 bridgehead atoms. The smallest absolute Gasteiger partial charge is 0.337 e. The maximum absolute atomic E-state index is 12.4. The van der Waals surface area contributed by atoms with E-state index < -0.39 is 20.5 Å². The minimum absolute atomic E-state index is 0.0515. The van der Waals surface area contributed by atoms with Crippen molar-refractivity contribution in [3.8, 4) is 0 Å². The van der Waals surface area contributed by atoms with Crippen LogP contribution in [0.3, 0.4) is 0 Å². The van der Waals surface area contributed by atoms with Crippen LogP contribution in [-0.2, 0) is 9.84 Å². The first kappa shape index (κ1) is 14.5. The molecule has 0 fully saturated rings. The van der Waals surface area contributed by atoms with Gasteiger partial charge in [-0.1, -0.05) is 28.9 Å². The molecule has 106 valence electrons. The van der Waals surface area contributed by atoms with Crippen molar-refractivity contribution >= 4 is 27.4 Å². The Morgan fingerprint density at radius 1 is 1.40 bits per heavy atom. The van der Waals surface area contributed by atoms with Crippen molar-refractivity contribution in [2.45, 2.75) is 16.5 Å². The van der Waals surface area contributed by atoms with E-state index in [0.717, 1.165) is 0 Å². The molecular formula is C12H10ClNO5S. The van der Waals surface area contributed by atoms with Gasteiger partial charge in [0.2, 0.25) is 9.84 Å². The van der Waals surface area contributed by atoms with Crippen molar-refractivity contribution < 1.29 is 22.8 Å². The Kier molecular flexibility index (Phi) is 3.82. The number of carboxylic acid groups (broad SMARTS) is 1. The molecule has 0 saturated carbocycles. The third-order valence-corrected chi connectivity index (χ3v) is 5.23.